The van der Waals surface area contributed by atoms with Crippen LogP contribution in [0.25, 0.3) is 10.9 Å². The minimum Gasteiger partial charge on any atom is -0.393 e. The minimum absolute atomic E-state index is 0.0427. The molecule has 184 valence electrons. The summed E-state index contributed by atoms with van der Waals surface area (Å²) in [6.45, 7) is -0.271. The summed E-state index contributed by atoms with van der Waals surface area (Å²) in [6.07, 6.45) is 0.662. The molecule has 1 saturated carbocycles. The third-order valence-corrected chi connectivity index (χ3v) is 6.35. The van der Waals surface area contributed by atoms with E-state index in [9.17, 15) is 23.9 Å². The number of rotatable bonds is 9. The molecule has 1 fully saturated rings. The quantitative estimate of drug-likeness (QED) is 0.412. The summed E-state index contributed by atoms with van der Waals surface area (Å²) in [5, 5.41) is 16.9. The highest BCUT2D eigenvalue weighted by Crippen LogP contribution is 2.28. The number of aliphatic hydroxyl groups is 1. The van der Waals surface area contributed by atoms with E-state index in [4.69, 9.17) is 17.3 Å². The number of nitrogens with two attached hydrogens (primary N) is 1. The van der Waals surface area contributed by atoms with E-state index in [-0.39, 0.29) is 54.3 Å². The Bertz CT molecular complexity index is 1270. The van der Waals surface area contributed by atoms with Crippen LogP contribution in [0.2, 0.25) is 5.02 Å². The Hall–Kier alpha value is -3.50. The summed E-state index contributed by atoms with van der Waals surface area (Å²) in [7, 11) is 0. The van der Waals surface area contributed by atoms with Crippen molar-refractivity contribution in [2.75, 3.05) is 13.1 Å². The molecule has 1 aromatic heterocycles. The molecule has 0 spiro atoms. The number of carbonyl (C=O) groups excluding carboxylic acids is 3. The fraction of sp³-hybridized carbons (Fsp3) is 0.333. The SMILES string of the molecule is NC(=O)c1nn(CC(=O)N(CC(=O)NCc2cccc(Cl)c2F)CC2CC(O)C2)c2ccccc12. The Balaban J connectivity index is 1.47. The second-order valence-electron chi connectivity index (χ2n) is 8.64. The lowest BCUT2D eigenvalue weighted by molar-refractivity contribution is -0.138. The molecule has 0 radical (unpaired) electrons. The molecule has 9 nitrogen and oxygen atoms in total. The summed E-state index contributed by atoms with van der Waals surface area (Å²) in [4.78, 5) is 39.1. The van der Waals surface area contributed by atoms with Crippen LogP contribution in [0, 0.1) is 11.7 Å². The smallest absolute Gasteiger partial charge is 0.269 e. The Labute approximate surface area is 205 Å². The molecule has 0 atom stereocenters. The van der Waals surface area contributed by atoms with Crippen molar-refractivity contribution in [3.63, 3.8) is 0 Å². The molecule has 2 aromatic carbocycles. The number of fused-ring (bicyclic) bond motifs is 1. The molecule has 0 unspecified atom stereocenters. The van der Waals surface area contributed by atoms with E-state index in [1.807, 2.05) is 0 Å². The van der Waals surface area contributed by atoms with Crippen molar-refractivity contribution in [3.05, 3.63) is 64.6 Å². The lowest BCUT2D eigenvalue weighted by Gasteiger charge is -2.35. The molecule has 1 aliphatic rings. The minimum atomic E-state index is -0.708. The van der Waals surface area contributed by atoms with Gasteiger partial charge in [0.1, 0.15) is 12.4 Å². The number of carbonyl (C=O) groups is 3. The van der Waals surface area contributed by atoms with E-state index in [1.54, 1.807) is 30.3 Å². The molecule has 3 aromatic rings. The summed E-state index contributed by atoms with van der Waals surface area (Å²) in [6, 6.07) is 11.4. The third-order valence-electron chi connectivity index (χ3n) is 6.06. The van der Waals surface area contributed by atoms with Crippen LogP contribution < -0.4 is 11.1 Å². The van der Waals surface area contributed by atoms with Gasteiger partial charge in [0.25, 0.3) is 5.91 Å². The maximum Gasteiger partial charge on any atom is 0.269 e. The zero-order chi connectivity index (χ0) is 25.1. The number of benzene rings is 2. The van der Waals surface area contributed by atoms with Crippen molar-refractivity contribution in [3.8, 4) is 0 Å². The predicted molar refractivity (Wildman–Crippen MR) is 127 cm³/mol. The molecule has 0 saturated heterocycles. The fourth-order valence-corrected chi connectivity index (χ4v) is 4.38. The van der Waals surface area contributed by atoms with Gasteiger partial charge in [-0.2, -0.15) is 5.10 Å². The zero-order valence-electron chi connectivity index (χ0n) is 18.8. The number of nitrogens with zero attached hydrogens (tertiary/aromatic N) is 3. The van der Waals surface area contributed by atoms with Crippen LogP contribution in [0.15, 0.2) is 42.5 Å². The average Bonchev–Trinajstić information content (AvgIpc) is 3.17. The summed E-state index contributed by atoms with van der Waals surface area (Å²) >= 11 is 5.79. The number of amides is 3. The summed E-state index contributed by atoms with van der Waals surface area (Å²) < 4.78 is 15.5. The normalized spacial score (nSPS) is 17.1. The average molecular weight is 502 g/mol. The molecule has 4 N–H and O–H groups in total. The molecule has 35 heavy (non-hydrogen) atoms. The van der Waals surface area contributed by atoms with E-state index < -0.39 is 23.7 Å². The highest BCUT2D eigenvalue weighted by molar-refractivity contribution is 6.30. The van der Waals surface area contributed by atoms with Crippen LogP contribution in [0.4, 0.5) is 4.39 Å². The molecule has 1 aliphatic carbocycles. The maximum absolute atomic E-state index is 14.1. The standard InChI is InChI=1S/C24H25ClFN5O4/c25-18-6-3-4-15(22(18)26)10-28-20(33)12-30(11-14-8-16(32)9-14)21(34)13-31-19-7-2-1-5-17(19)23(29-31)24(27)35/h1-7,14,16,32H,8-13H2,(H2,27,35)(H,28,33). The van der Waals surface area contributed by atoms with Crippen LogP contribution in [0.1, 0.15) is 28.9 Å². The number of hydrogen-bond donors (Lipinski definition) is 3. The van der Waals surface area contributed by atoms with E-state index in [1.165, 1.54) is 21.7 Å². The molecule has 1 heterocycles. The highest BCUT2D eigenvalue weighted by Gasteiger charge is 2.31. The molecule has 4 rings (SSSR count). The first-order valence-electron chi connectivity index (χ1n) is 11.1. The molecule has 11 heteroatoms. The maximum atomic E-state index is 14.1. The monoisotopic (exact) mass is 501 g/mol. The van der Waals surface area contributed by atoms with Crippen molar-refractivity contribution in [2.24, 2.45) is 11.7 Å². The Morgan fingerprint density at radius 1 is 1.20 bits per heavy atom. The van der Waals surface area contributed by atoms with Gasteiger partial charge in [-0.05, 0) is 30.9 Å². The molecule has 0 bridgehead atoms. The van der Waals surface area contributed by atoms with Gasteiger partial charge >= 0.3 is 0 Å². The number of hydrogen-bond acceptors (Lipinski definition) is 5. The van der Waals surface area contributed by atoms with E-state index in [0.29, 0.717) is 23.7 Å². The number of nitrogens with one attached hydrogen (secondary N) is 1. The van der Waals surface area contributed by atoms with Gasteiger partial charge in [-0.25, -0.2) is 4.39 Å². The van der Waals surface area contributed by atoms with Gasteiger partial charge in [-0.3, -0.25) is 19.1 Å². The van der Waals surface area contributed by atoms with Gasteiger partial charge in [0.2, 0.25) is 11.8 Å². The Morgan fingerprint density at radius 2 is 1.94 bits per heavy atom. The van der Waals surface area contributed by atoms with Crippen LogP contribution in [-0.2, 0) is 22.7 Å². The number of para-hydroxylation sites is 1. The summed E-state index contributed by atoms with van der Waals surface area (Å²) in [5.74, 6) is -2.12. The Kier molecular flexibility index (Phi) is 7.32. The van der Waals surface area contributed by atoms with Crippen molar-refractivity contribution in [2.45, 2.75) is 32.0 Å². The van der Waals surface area contributed by atoms with Gasteiger partial charge in [0.15, 0.2) is 5.69 Å². The summed E-state index contributed by atoms with van der Waals surface area (Å²) in [5.41, 5.74) is 6.29. The van der Waals surface area contributed by atoms with E-state index >= 15 is 0 Å². The second-order valence-corrected chi connectivity index (χ2v) is 9.05. The number of aromatic nitrogens is 2. The number of aliphatic hydroxyl groups excluding tert-OH is 1. The van der Waals surface area contributed by atoms with Gasteiger partial charge in [-0.1, -0.05) is 41.9 Å². The highest BCUT2D eigenvalue weighted by atomic mass is 35.5. The Morgan fingerprint density at radius 3 is 2.66 bits per heavy atom. The number of primary amides is 1. The van der Waals surface area contributed by atoms with Crippen LogP contribution in [-0.4, -0.2) is 56.7 Å². The van der Waals surface area contributed by atoms with Gasteiger partial charge in [-0.15, -0.1) is 0 Å². The molecule has 3 amide bonds. The van der Waals surface area contributed by atoms with Crippen LogP contribution in [0.3, 0.4) is 0 Å². The topological polar surface area (TPSA) is 131 Å². The van der Waals surface area contributed by atoms with Crippen molar-refractivity contribution in [1.82, 2.24) is 20.0 Å². The van der Waals surface area contributed by atoms with Crippen molar-refractivity contribution >= 4 is 40.2 Å². The first kappa shape index (κ1) is 24.6. The fourth-order valence-electron chi connectivity index (χ4n) is 4.18. The van der Waals surface area contributed by atoms with E-state index in [0.717, 1.165) is 0 Å². The largest absolute Gasteiger partial charge is 0.393 e. The third kappa shape index (κ3) is 5.60. The second kappa shape index (κ2) is 10.4. The van der Waals surface area contributed by atoms with E-state index in [2.05, 4.69) is 10.4 Å². The number of halogens is 2. The first-order chi connectivity index (χ1) is 16.7. The molecular weight excluding hydrogens is 477 g/mol. The first-order valence-corrected chi connectivity index (χ1v) is 11.5. The van der Waals surface area contributed by atoms with Crippen LogP contribution >= 0.6 is 11.6 Å². The zero-order valence-corrected chi connectivity index (χ0v) is 19.5. The lowest BCUT2D eigenvalue weighted by Crippen LogP contribution is -2.47. The molecular formula is C24H25ClFN5O4. The van der Waals surface area contributed by atoms with Crippen molar-refractivity contribution in [1.29, 1.82) is 0 Å². The lowest BCUT2D eigenvalue weighted by atomic mass is 9.82. The molecule has 0 aliphatic heterocycles. The van der Waals surface area contributed by atoms with Gasteiger partial charge < -0.3 is 21.1 Å². The van der Waals surface area contributed by atoms with Gasteiger partial charge in [0.05, 0.1) is 23.2 Å². The predicted octanol–water partition coefficient (Wildman–Crippen LogP) is 1.84. The van der Waals surface area contributed by atoms with Crippen molar-refractivity contribution < 1.29 is 23.9 Å². The van der Waals surface area contributed by atoms with Gasteiger partial charge in [0, 0.05) is 24.0 Å². The van der Waals surface area contributed by atoms with Crippen LogP contribution in [0.5, 0.6) is 0 Å².